The zero-order chi connectivity index (χ0) is 12.7. The van der Waals surface area contributed by atoms with Crippen molar-refractivity contribution in [3.63, 3.8) is 0 Å². The molecule has 0 heterocycles. The predicted molar refractivity (Wildman–Crippen MR) is 83.9 cm³/mol. The summed E-state index contributed by atoms with van der Waals surface area (Å²) < 4.78 is 1.10. The molecular weight excluding hydrogens is 284 g/mol. The maximum Gasteiger partial charge on any atom is 0.0187 e. The van der Waals surface area contributed by atoms with E-state index in [2.05, 4.69) is 78.0 Å². The smallest absolute Gasteiger partial charge is 0.0187 e. The Morgan fingerprint density at radius 1 is 0.944 bits per heavy atom. The molecule has 0 unspecified atom stereocenters. The fraction of sp³-hybridized carbons (Fsp3) is 0.0588. The van der Waals surface area contributed by atoms with Gasteiger partial charge in [0.25, 0.3) is 0 Å². The van der Waals surface area contributed by atoms with Gasteiger partial charge in [-0.05, 0) is 58.3 Å². The Kier molecular flexibility index (Phi) is 2.71. The minimum atomic E-state index is 1.09. The van der Waals surface area contributed by atoms with Crippen LogP contribution in [0.2, 0.25) is 0 Å². The minimum absolute atomic E-state index is 1.09. The second-order valence-electron chi connectivity index (χ2n) is 4.65. The van der Waals surface area contributed by atoms with Gasteiger partial charge in [0.2, 0.25) is 0 Å². The molecule has 0 aliphatic rings. The van der Waals surface area contributed by atoms with E-state index in [0.29, 0.717) is 0 Å². The molecule has 0 aromatic heterocycles. The molecule has 0 fully saturated rings. The summed E-state index contributed by atoms with van der Waals surface area (Å²) in [5, 5.41) is 5.07. The van der Waals surface area contributed by atoms with Crippen molar-refractivity contribution < 1.29 is 0 Å². The van der Waals surface area contributed by atoms with Gasteiger partial charge in [-0.1, -0.05) is 52.3 Å². The Labute approximate surface area is 115 Å². The zero-order valence-electron chi connectivity index (χ0n) is 10.2. The molecule has 18 heavy (non-hydrogen) atoms. The summed E-state index contributed by atoms with van der Waals surface area (Å²) in [4.78, 5) is 0. The first-order valence-electron chi connectivity index (χ1n) is 5.93. The molecular formula is C17H13Br. The number of benzene rings is 3. The fourth-order valence-corrected chi connectivity index (χ4v) is 2.85. The fourth-order valence-electron chi connectivity index (χ4n) is 2.37. The summed E-state index contributed by atoms with van der Waals surface area (Å²) in [5.41, 5.74) is 2.31. The molecule has 3 aromatic carbocycles. The van der Waals surface area contributed by atoms with Gasteiger partial charge in [-0.2, -0.15) is 0 Å². The molecule has 0 amide bonds. The highest BCUT2D eigenvalue weighted by molar-refractivity contribution is 9.10. The molecule has 0 bridgehead atoms. The zero-order valence-corrected chi connectivity index (χ0v) is 11.8. The number of rotatable bonds is 1. The lowest BCUT2D eigenvalue weighted by Crippen LogP contribution is -1.84. The average Bonchev–Trinajstić information content (AvgIpc) is 2.35. The van der Waals surface area contributed by atoms with Gasteiger partial charge in [0.1, 0.15) is 0 Å². The lowest BCUT2D eigenvalue weighted by atomic mass is 9.97. The topological polar surface area (TPSA) is 0 Å². The number of fused-ring (bicyclic) bond motifs is 2. The second-order valence-corrected chi connectivity index (χ2v) is 5.57. The van der Waals surface area contributed by atoms with Crippen LogP contribution in [-0.2, 0) is 0 Å². The molecule has 0 aliphatic heterocycles. The van der Waals surface area contributed by atoms with Gasteiger partial charge >= 0.3 is 0 Å². The first kappa shape index (κ1) is 11.5. The molecule has 0 N–H and O–H groups in total. The van der Waals surface area contributed by atoms with E-state index in [-0.39, 0.29) is 0 Å². The maximum atomic E-state index is 4.08. The molecule has 0 radical (unpaired) electrons. The number of hydrogen-bond donors (Lipinski definition) is 0. The Balaban J connectivity index is 2.49. The van der Waals surface area contributed by atoms with E-state index < -0.39 is 0 Å². The van der Waals surface area contributed by atoms with E-state index in [1.54, 1.807) is 0 Å². The quantitative estimate of drug-likeness (QED) is 0.499. The van der Waals surface area contributed by atoms with Crippen LogP contribution in [0, 0.1) is 0 Å². The Bertz CT molecular complexity index is 769. The first-order chi connectivity index (χ1) is 8.65. The Morgan fingerprint density at radius 2 is 1.61 bits per heavy atom. The summed E-state index contributed by atoms with van der Waals surface area (Å²) >= 11 is 3.57. The van der Waals surface area contributed by atoms with Gasteiger partial charge in [-0.25, -0.2) is 0 Å². The first-order valence-corrected chi connectivity index (χ1v) is 6.72. The second kappa shape index (κ2) is 4.25. The molecule has 0 aliphatic carbocycles. The van der Waals surface area contributed by atoms with E-state index in [1.165, 1.54) is 27.1 Å². The van der Waals surface area contributed by atoms with Crippen molar-refractivity contribution >= 4 is 43.0 Å². The minimum Gasteiger partial charge on any atom is -0.0955 e. The predicted octanol–water partition coefficient (Wildman–Crippen LogP) is 5.79. The summed E-state index contributed by atoms with van der Waals surface area (Å²) in [7, 11) is 0. The van der Waals surface area contributed by atoms with E-state index in [9.17, 15) is 0 Å². The highest BCUT2D eigenvalue weighted by Crippen LogP contribution is 2.31. The standard InChI is InChI=1S/C17H13Br/c1-11(2)16-10-15(18)8-14-7-12-5-3-4-6-13(12)9-17(14)16/h3-10H,1H2,2H3. The largest absolute Gasteiger partial charge is 0.0955 e. The van der Waals surface area contributed by atoms with Crippen LogP contribution in [-0.4, -0.2) is 0 Å². The molecule has 1 heteroatoms. The van der Waals surface area contributed by atoms with E-state index in [1.807, 2.05) is 0 Å². The number of hydrogen-bond acceptors (Lipinski definition) is 0. The summed E-state index contributed by atoms with van der Waals surface area (Å²) in [5.74, 6) is 0. The lowest BCUT2D eigenvalue weighted by molar-refractivity contribution is 1.61. The molecule has 0 atom stereocenters. The molecule has 3 rings (SSSR count). The van der Waals surface area contributed by atoms with Crippen LogP contribution in [0.1, 0.15) is 12.5 Å². The molecule has 3 aromatic rings. The Morgan fingerprint density at radius 3 is 2.28 bits per heavy atom. The third kappa shape index (κ3) is 1.85. The molecule has 88 valence electrons. The van der Waals surface area contributed by atoms with Crippen LogP contribution in [0.4, 0.5) is 0 Å². The average molecular weight is 297 g/mol. The van der Waals surface area contributed by atoms with Crippen molar-refractivity contribution in [1.82, 2.24) is 0 Å². The van der Waals surface area contributed by atoms with Gasteiger partial charge in [0.15, 0.2) is 0 Å². The molecule has 0 saturated heterocycles. The van der Waals surface area contributed by atoms with Gasteiger partial charge < -0.3 is 0 Å². The normalized spacial score (nSPS) is 11.0. The van der Waals surface area contributed by atoms with Crippen molar-refractivity contribution in [2.45, 2.75) is 6.92 Å². The monoisotopic (exact) mass is 296 g/mol. The third-order valence-corrected chi connectivity index (χ3v) is 3.70. The van der Waals surface area contributed by atoms with E-state index in [4.69, 9.17) is 0 Å². The van der Waals surface area contributed by atoms with Crippen LogP contribution < -0.4 is 0 Å². The van der Waals surface area contributed by atoms with Crippen LogP contribution in [0.15, 0.2) is 59.6 Å². The summed E-state index contributed by atoms with van der Waals surface area (Å²) in [6.45, 7) is 6.13. The van der Waals surface area contributed by atoms with E-state index in [0.717, 1.165) is 10.0 Å². The van der Waals surface area contributed by atoms with Crippen molar-refractivity contribution in [3.05, 3.63) is 65.1 Å². The number of allylic oxidation sites excluding steroid dienone is 1. The highest BCUT2D eigenvalue weighted by Gasteiger charge is 2.05. The van der Waals surface area contributed by atoms with Crippen LogP contribution in [0.25, 0.3) is 27.1 Å². The lowest BCUT2D eigenvalue weighted by Gasteiger charge is -2.09. The van der Waals surface area contributed by atoms with Gasteiger partial charge in [0, 0.05) is 4.47 Å². The molecule has 0 nitrogen and oxygen atoms in total. The third-order valence-electron chi connectivity index (χ3n) is 3.24. The van der Waals surface area contributed by atoms with E-state index >= 15 is 0 Å². The highest BCUT2D eigenvalue weighted by atomic mass is 79.9. The molecule has 0 spiro atoms. The summed E-state index contributed by atoms with van der Waals surface area (Å²) in [6, 6.07) is 17.2. The van der Waals surface area contributed by atoms with Crippen molar-refractivity contribution in [3.8, 4) is 0 Å². The SMILES string of the molecule is C=C(C)c1cc(Br)cc2cc3ccccc3cc12. The van der Waals surface area contributed by atoms with Gasteiger partial charge in [0.05, 0.1) is 0 Å². The van der Waals surface area contributed by atoms with Crippen molar-refractivity contribution in [1.29, 1.82) is 0 Å². The number of halogens is 1. The van der Waals surface area contributed by atoms with Crippen LogP contribution in [0.5, 0.6) is 0 Å². The van der Waals surface area contributed by atoms with Gasteiger partial charge in [-0.15, -0.1) is 0 Å². The Hall–Kier alpha value is -1.60. The van der Waals surface area contributed by atoms with Crippen molar-refractivity contribution in [2.75, 3.05) is 0 Å². The maximum absolute atomic E-state index is 4.08. The molecule has 0 saturated carbocycles. The van der Waals surface area contributed by atoms with Crippen molar-refractivity contribution in [2.24, 2.45) is 0 Å². The van der Waals surface area contributed by atoms with Gasteiger partial charge in [-0.3, -0.25) is 0 Å². The van der Waals surface area contributed by atoms with Crippen LogP contribution in [0.3, 0.4) is 0 Å². The summed E-state index contributed by atoms with van der Waals surface area (Å²) in [6.07, 6.45) is 0. The van der Waals surface area contributed by atoms with Crippen LogP contribution >= 0.6 is 15.9 Å².